The molecule has 17 heavy (non-hydrogen) atoms. The standard InChI is InChI=1S/C10H21O4PS2/c1-5-12-9(11)10(13-6-2)17(8-4,15-16)14-7-3/h10H,5-8H2,1-4H3/p+1. The van der Waals surface area contributed by atoms with Crippen LogP contribution in [-0.2, 0) is 30.3 Å². The molecule has 0 aliphatic heterocycles. The summed E-state index contributed by atoms with van der Waals surface area (Å²) in [5.41, 5.74) is -0.645. The summed E-state index contributed by atoms with van der Waals surface area (Å²) in [5, 5.41) is 0. The monoisotopic (exact) mass is 301 g/mol. The highest BCUT2D eigenvalue weighted by molar-refractivity contribution is 8.75. The van der Waals surface area contributed by atoms with Crippen LogP contribution in [0.25, 0.3) is 0 Å². The average Bonchev–Trinajstić information content (AvgIpc) is 2.34. The van der Waals surface area contributed by atoms with Crippen LogP contribution in [-0.4, -0.2) is 37.0 Å². The summed E-state index contributed by atoms with van der Waals surface area (Å²) < 4.78 is 16.4. The number of rotatable bonds is 9. The van der Waals surface area contributed by atoms with Gasteiger partial charge >= 0.3 is 5.97 Å². The molecule has 4 nitrogen and oxygen atoms in total. The largest absolute Gasteiger partial charge is 0.463 e. The lowest BCUT2D eigenvalue weighted by Gasteiger charge is -2.32. The Morgan fingerprint density at radius 1 is 1.24 bits per heavy atom. The first-order chi connectivity index (χ1) is 8.11. The predicted molar refractivity (Wildman–Crippen MR) is 77.5 cm³/mol. The zero-order chi connectivity index (χ0) is 13.3. The molecule has 0 aromatic carbocycles. The zero-order valence-electron chi connectivity index (χ0n) is 10.9. The van der Waals surface area contributed by atoms with Crippen LogP contribution in [0.15, 0.2) is 0 Å². The van der Waals surface area contributed by atoms with Gasteiger partial charge in [0.1, 0.15) is 0 Å². The van der Waals surface area contributed by atoms with E-state index in [0.717, 1.165) is 0 Å². The highest BCUT2D eigenvalue weighted by Gasteiger charge is 2.45. The van der Waals surface area contributed by atoms with Crippen LogP contribution in [0, 0.1) is 0 Å². The fourth-order valence-electron chi connectivity index (χ4n) is 1.33. The molecule has 0 N–H and O–H groups in total. The second kappa shape index (κ2) is 9.22. The predicted octanol–water partition coefficient (Wildman–Crippen LogP) is 2.74. The topological polar surface area (TPSA) is 44.8 Å². The van der Waals surface area contributed by atoms with Crippen molar-refractivity contribution in [1.29, 1.82) is 0 Å². The highest BCUT2D eigenvalue weighted by Crippen LogP contribution is 2.64. The average molecular weight is 301 g/mol. The van der Waals surface area contributed by atoms with Crippen LogP contribution < -0.4 is 0 Å². The second-order valence-corrected chi connectivity index (χ2v) is 9.98. The molecule has 0 spiro atoms. The molecule has 0 aromatic rings. The third-order valence-electron chi connectivity index (χ3n) is 2.04. The van der Waals surface area contributed by atoms with E-state index in [0.29, 0.717) is 25.6 Å². The third-order valence-corrected chi connectivity index (χ3v) is 10.1. The van der Waals surface area contributed by atoms with E-state index in [1.807, 2.05) is 20.8 Å². The van der Waals surface area contributed by atoms with E-state index in [-0.39, 0.29) is 12.5 Å². The van der Waals surface area contributed by atoms with E-state index in [4.69, 9.17) is 25.5 Å². The summed E-state index contributed by atoms with van der Waals surface area (Å²) in [6, 6.07) is 0. The van der Waals surface area contributed by atoms with Gasteiger partial charge in [0, 0.05) is 12.4 Å². The summed E-state index contributed by atoms with van der Waals surface area (Å²) in [7, 11) is -1.70. The van der Waals surface area contributed by atoms with Crippen molar-refractivity contribution in [2.75, 3.05) is 25.6 Å². The molecular weight excluding hydrogens is 279 g/mol. The molecule has 0 bridgehead atoms. The smallest absolute Gasteiger partial charge is 0.350 e. The fraction of sp³-hybridized carbons (Fsp3) is 0.900. The zero-order valence-corrected chi connectivity index (χ0v) is 13.5. The maximum Gasteiger partial charge on any atom is 0.350 e. The van der Waals surface area contributed by atoms with E-state index >= 15 is 0 Å². The van der Waals surface area contributed by atoms with Crippen molar-refractivity contribution in [1.82, 2.24) is 0 Å². The van der Waals surface area contributed by atoms with Crippen molar-refractivity contribution >= 4 is 34.3 Å². The van der Waals surface area contributed by atoms with Gasteiger partial charge in [0.15, 0.2) is 11.8 Å². The third kappa shape index (κ3) is 4.79. The van der Waals surface area contributed by atoms with Gasteiger partial charge in [-0.25, -0.2) is 4.79 Å². The molecular formula is C10H22O4PS2+. The lowest BCUT2D eigenvalue weighted by Crippen LogP contribution is -2.32. The molecule has 0 heterocycles. The lowest BCUT2D eigenvalue weighted by atomic mass is 10.7. The summed E-state index contributed by atoms with van der Waals surface area (Å²) >= 11 is 5.20. The minimum atomic E-state index is -1.70. The van der Waals surface area contributed by atoms with E-state index < -0.39 is 15.4 Å². The van der Waals surface area contributed by atoms with E-state index in [9.17, 15) is 4.79 Å². The number of carbonyl (C=O) groups excluding carboxylic acids is 1. The Hall–Kier alpha value is 0.260. The maximum atomic E-state index is 11.9. The Labute approximate surface area is 111 Å². The molecule has 0 aliphatic carbocycles. The minimum absolute atomic E-state index is 0.132. The van der Waals surface area contributed by atoms with Gasteiger partial charge in [0.25, 0.3) is 0 Å². The number of hydrogen-bond acceptors (Lipinski definition) is 5. The van der Waals surface area contributed by atoms with Gasteiger partial charge in [0.2, 0.25) is 12.0 Å². The van der Waals surface area contributed by atoms with Gasteiger partial charge < -0.3 is 9.47 Å². The minimum Gasteiger partial charge on any atom is -0.463 e. The Kier molecular flexibility index (Phi) is 9.37. The molecule has 0 aromatic heterocycles. The van der Waals surface area contributed by atoms with Gasteiger partial charge in [0.05, 0.1) is 23.1 Å². The van der Waals surface area contributed by atoms with Crippen LogP contribution in [0.5, 0.6) is 0 Å². The molecule has 0 saturated heterocycles. The molecule has 0 rings (SSSR count). The number of esters is 1. The van der Waals surface area contributed by atoms with Gasteiger partial charge in [-0.3, -0.25) is 4.18 Å². The van der Waals surface area contributed by atoms with Gasteiger partial charge in [-0.05, 0) is 20.8 Å². The Balaban J connectivity index is 5.06. The van der Waals surface area contributed by atoms with Crippen molar-refractivity contribution < 1.29 is 18.5 Å². The number of ether oxygens (including phenoxy) is 2. The van der Waals surface area contributed by atoms with Crippen LogP contribution in [0.1, 0.15) is 27.7 Å². The summed E-state index contributed by atoms with van der Waals surface area (Å²) in [4.78, 5) is 11.9. The lowest BCUT2D eigenvalue weighted by molar-refractivity contribution is -0.150. The molecule has 102 valence electrons. The van der Waals surface area contributed by atoms with Crippen molar-refractivity contribution in [3.8, 4) is 0 Å². The first-order valence-electron chi connectivity index (χ1n) is 5.73. The molecule has 0 radical (unpaired) electrons. The molecule has 0 fully saturated rings. The molecule has 0 aliphatic rings. The fourth-order valence-corrected chi connectivity index (χ4v) is 7.22. The Morgan fingerprint density at radius 3 is 2.24 bits per heavy atom. The summed E-state index contributed by atoms with van der Waals surface area (Å²) in [6.07, 6.45) is 0. The quantitative estimate of drug-likeness (QED) is 0.484. The summed E-state index contributed by atoms with van der Waals surface area (Å²) in [5.74, 6) is 0.365. The number of hydrogen-bond donors (Lipinski definition) is 0. The molecule has 3 atom stereocenters. The number of carbonyl (C=O) groups is 1. The van der Waals surface area contributed by atoms with Crippen LogP contribution in [0.4, 0.5) is 0 Å². The van der Waals surface area contributed by atoms with Crippen LogP contribution in [0.3, 0.4) is 0 Å². The van der Waals surface area contributed by atoms with Crippen molar-refractivity contribution in [2.24, 2.45) is 0 Å². The van der Waals surface area contributed by atoms with Crippen molar-refractivity contribution in [3.63, 3.8) is 0 Å². The van der Waals surface area contributed by atoms with Crippen molar-refractivity contribution in [2.45, 2.75) is 33.1 Å². The first kappa shape index (κ1) is 17.3. The molecule has 3 unspecified atom stereocenters. The maximum absolute atomic E-state index is 11.9. The van der Waals surface area contributed by atoms with Crippen LogP contribution in [0.2, 0.25) is 0 Å². The summed E-state index contributed by atoms with van der Waals surface area (Å²) in [6.45, 7) is 8.98. The van der Waals surface area contributed by atoms with E-state index in [2.05, 4.69) is 0 Å². The SMILES string of the molecule is CCOC(=O)C(OCC)S(CC)(OCC)[PH+]=S. The van der Waals surface area contributed by atoms with Crippen LogP contribution >= 0.6 is 16.5 Å². The van der Waals surface area contributed by atoms with Gasteiger partial charge in [-0.1, -0.05) is 6.92 Å². The second-order valence-electron chi connectivity index (χ2n) is 3.04. The van der Waals surface area contributed by atoms with Gasteiger partial charge in [-0.15, -0.1) is 0 Å². The first-order valence-corrected chi connectivity index (χ1v) is 10.4. The normalized spacial score (nSPS) is 18.4. The molecule has 7 heteroatoms. The Bertz CT molecular complexity index is 252. The van der Waals surface area contributed by atoms with Crippen molar-refractivity contribution in [3.05, 3.63) is 0 Å². The van der Waals surface area contributed by atoms with E-state index in [1.54, 1.807) is 6.92 Å². The highest BCUT2D eigenvalue weighted by atomic mass is 32.9. The molecule has 0 amide bonds. The van der Waals surface area contributed by atoms with Gasteiger partial charge in [-0.2, -0.15) is 0 Å². The molecule has 0 saturated carbocycles. The Morgan fingerprint density at radius 2 is 1.88 bits per heavy atom. The van der Waals surface area contributed by atoms with E-state index in [1.165, 1.54) is 0 Å².